The summed E-state index contributed by atoms with van der Waals surface area (Å²) in [5.74, 6) is -0.0156. The van der Waals surface area contributed by atoms with Crippen molar-refractivity contribution in [2.75, 3.05) is 0 Å². The molecule has 0 saturated carbocycles. The Morgan fingerprint density at radius 1 is 1.36 bits per heavy atom. The largest absolute Gasteiger partial charge is 0.292 e. The van der Waals surface area contributed by atoms with E-state index in [2.05, 4.69) is 15.0 Å². The maximum atomic E-state index is 11.0. The van der Waals surface area contributed by atoms with Crippen LogP contribution in [0.25, 0.3) is 11.3 Å². The standard InChI is InChI=1S/C9H7N3OS/c1-6(13)9-12-8(4-14-9)7-2-10-5-11-3-7/h2-5H,1H3. The zero-order chi connectivity index (χ0) is 9.97. The molecule has 70 valence electrons. The van der Waals surface area contributed by atoms with Crippen LogP contribution in [0, 0.1) is 0 Å². The normalized spacial score (nSPS) is 10.1. The number of hydrogen-bond acceptors (Lipinski definition) is 5. The van der Waals surface area contributed by atoms with Gasteiger partial charge in [0.05, 0.1) is 5.69 Å². The Morgan fingerprint density at radius 3 is 2.64 bits per heavy atom. The van der Waals surface area contributed by atoms with Gasteiger partial charge in [0.15, 0.2) is 10.8 Å². The first kappa shape index (κ1) is 8.96. The van der Waals surface area contributed by atoms with Crippen LogP contribution in [0.5, 0.6) is 0 Å². The molecule has 0 radical (unpaired) electrons. The van der Waals surface area contributed by atoms with E-state index in [-0.39, 0.29) is 5.78 Å². The van der Waals surface area contributed by atoms with Crippen molar-refractivity contribution in [3.63, 3.8) is 0 Å². The Hall–Kier alpha value is -1.62. The molecule has 0 N–H and O–H groups in total. The molecule has 0 fully saturated rings. The van der Waals surface area contributed by atoms with Crippen LogP contribution >= 0.6 is 11.3 Å². The van der Waals surface area contributed by atoms with Crippen LogP contribution in [0.15, 0.2) is 24.1 Å². The molecule has 2 rings (SSSR count). The second kappa shape index (κ2) is 3.63. The first-order valence-electron chi connectivity index (χ1n) is 3.99. The molecule has 0 aliphatic heterocycles. The second-order valence-corrected chi connectivity index (χ2v) is 3.58. The van der Waals surface area contributed by atoms with E-state index in [9.17, 15) is 4.79 Å². The quantitative estimate of drug-likeness (QED) is 0.701. The Morgan fingerprint density at radius 2 is 2.07 bits per heavy atom. The maximum Gasteiger partial charge on any atom is 0.188 e. The van der Waals surface area contributed by atoms with Gasteiger partial charge in [-0.1, -0.05) is 0 Å². The summed E-state index contributed by atoms with van der Waals surface area (Å²) < 4.78 is 0. The Kier molecular flexibility index (Phi) is 2.32. The maximum absolute atomic E-state index is 11.0. The van der Waals surface area contributed by atoms with E-state index < -0.39 is 0 Å². The lowest BCUT2D eigenvalue weighted by Gasteiger charge is -1.91. The molecule has 2 heterocycles. The highest BCUT2D eigenvalue weighted by Crippen LogP contribution is 2.20. The van der Waals surface area contributed by atoms with Gasteiger partial charge in [0, 0.05) is 30.3 Å². The number of Topliss-reactive ketones (excluding diaryl/α,β-unsaturated/α-hetero) is 1. The third-order valence-electron chi connectivity index (χ3n) is 1.66. The number of rotatable bonds is 2. The molecule has 0 aliphatic carbocycles. The minimum absolute atomic E-state index is 0.0156. The molecule has 0 aromatic carbocycles. The molecule has 0 bridgehead atoms. The van der Waals surface area contributed by atoms with Gasteiger partial charge >= 0.3 is 0 Å². The molecular weight excluding hydrogens is 198 g/mol. The summed E-state index contributed by atoms with van der Waals surface area (Å²) >= 11 is 1.34. The van der Waals surface area contributed by atoms with Gasteiger partial charge in [-0.05, 0) is 0 Å². The van der Waals surface area contributed by atoms with Gasteiger partial charge in [-0.15, -0.1) is 11.3 Å². The van der Waals surface area contributed by atoms with Crippen LogP contribution in [0.3, 0.4) is 0 Å². The third-order valence-corrected chi connectivity index (χ3v) is 2.60. The topological polar surface area (TPSA) is 55.7 Å². The Balaban J connectivity index is 2.39. The molecule has 0 amide bonds. The van der Waals surface area contributed by atoms with E-state index in [1.807, 2.05) is 5.38 Å². The van der Waals surface area contributed by atoms with E-state index in [0.717, 1.165) is 11.3 Å². The highest BCUT2D eigenvalue weighted by molar-refractivity contribution is 7.12. The van der Waals surface area contributed by atoms with Crippen molar-refractivity contribution in [1.29, 1.82) is 0 Å². The van der Waals surface area contributed by atoms with Crippen LogP contribution in [0.4, 0.5) is 0 Å². The number of carbonyl (C=O) groups is 1. The molecule has 2 aromatic rings. The molecule has 0 saturated heterocycles. The summed E-state index contributed by atoms with van der Waals surface area (Å²) in [6, 6.07) is 0. The summed E-state index contributed by atoms with van der Waals surface area (Å²) in [6.45, 7) is 1.50. The molecular formula is C9H7N3OS. The SMILES string of the molecule is CC(=O)c1nc(-c2cncnc2)cs1. The first-order valence-corrected chi connectivity index (χ1v) is 4.87. The number of nitrogens with zero attached hydrogens (tertiary/aromatic N) is 3. The van der Waals surface area contributed by atoms with E-state index in [0.29, 0.717) is 5.01 Å². The van der Waals surface area contributed by atoms with Gasteiger partial charge in [0.25, 0.3) is 0 Å². The molecule has 0 spiro atoms. The molecule has 4 nitrogen and oxygen atoms in total. The number of ketones is 1. The van der Waals surface area contributed by atoms with Crippen LogP contribution in [0.1, 0.15) is 16.7 Å². The van der Waals surface area contributed by atoms with Gasteiger partial charge in [-0.2, -0.15) is 0 Å². The van der Waals surface area contributed by atoms with Crippen LogP contribution in [-0.4, -0.2) is 20.7 Å². The van der Waals surface area contributed by atoms with E-state index in [1.165, 1.54) is 24.6 Å². The van der Waals surface area contributed by atoms with E-state index >= 15 is 0 Å². The fourth-order valence-corrected chi connectivity index (χ4v) is 1.73. The van der Waals surface area contributed by atoms with Crippen molar-refractivity contribution in [2.45, 2.75) is 6.92 Å². The predicted octanol–water partition coefficient (Wildman–Crippen LogP) is 1.80. The van der Waals surface area contributed by atoms with E-state index in [4.69, 9.17) is 0 Å². The fraction of sp³-hybridized carbons (Fsp3) is 0.111. The third kappa shape index (κ3) is 1.67. The van der Waals surface area contributed by atoms with E-state index in [1.54, 1.807) is 12.4 Å². The molecule has 14 heavy (non-hydrogen) atoms. The average molecular weight is 205 g/mol. The van der Waals surface area contributed by atoms with Gasteiger partial charge < -0.3 is 0 Å². The summed E-state index contributed by atoms with van der Waals surface area (Å²) in [4.78, 5) is 22.9. The van der Waals surface area contributed by atoms with Crippen molar-refractivity contribution >= 4 is 17.1 Å². The van der Waals surface area contributed by atoms with Gasteiger partial charge in [-0.25, -0.2) is 15.0 Å². The summed E-state index contributed by atoms with van der Waals surface area (Å²) in [5, 5.41) is 2.35. The molecule has 0 aliphatic rings. The van der Waals surface area contributed by atoms with Crippen LogP contribution in [-0.2, 0) is 0 Å². The van der Waals surface area contributed by atoms with Gasteiger partial charge in [0.2, 0.25) is 0 Å². The molecule has 5 heteroatoms. The van der Waals surface area contributed by atoms with Crippen molar-refractivity contribution in [3.05, 3.63) is 29.1 Å². The number of carbonyl (C=O) groups excluding carboxylic acids is 1. The zero-order valence-corrected chi connectivity index (χ0v) is 8.28. The van der Waals surface area contributed by atoms with Crippen molar-refractivity contribution in [1.82, 2.24) is 15.0 Å². The van der Waals surface area contributed by atoms with Crippen molar-refractivity contribution in [3.8, 4) is 11.3 Å². The van der Waals surface area contributed by atoms with Gasteiger partial charge in [0.1, 0.15) is 6.33 Å². The second-order valence-electron chi connectivity index (χ2n) is 2.72. The zero-order valence-electron chi connectivity index (χ0n) is 7.47. The van der Waals surface area contributed by atoms with Crippen molar-refractivity contribution < 1.29 is 4.79 Å². The summed E-state index contributed by atoms with van der Waals surface area (Å²) in [5.41, 5.74) is 1.58. The van der Waals surface area contributed by atoms with Crippen molar-refractivity contribution in [2.24, 2.45) is 0 Å². The monoisotopic (exact) mass is 205 g/mol. The lowest BCUT2D eigenvalue weighted by Crippen LogP contribution is -1.90. The van der Waals surface area contributed by atoms with Crippen LogP contribution in [0.2, 0.25) is 0 Å². The highest BCUT2D eigenvalue weighted by Gasteiger charge is 2.07. The molecule has 2 aromatic heterocycles. The Bertz CT molecular complexity index is 452. The summed E-state index contributed by atoms with van der Waals surface area (Å²) in [6.07, 6.45) is 4.81. The fourth-order valence-electron chi connectivity index (χ4n) is 0.999. The smallest absolute Gasteiger partial charge is 0.188 e. The average Bonchev–Trinajstić information content (AvgIpc) is 2.68. The first-order chi connectivity index (χ1) is 6.77. The predicted molar refractivity (Wildman–Crippen MR) is 53.1 cm³/mol. The summed E-state index contributed by atoms with van der Waals surface area (Å²) in [7, 11) is 0. The lowest BCUT2D eigenvalue weighted by atomic mass is 10.3. The lowest BCUT2D eigenvalue weighted by molar-refractivity contribution is 0.101. The number of thiazole rings is 1. The molecule has 0 unspecified atom stereocenters. The minimum atomic E-state index is -0.0156. The minimum Gasteiger partial charge on any atom is -0.292 e. The number of hydrogen-bond donors (Lipinski definition) is 0. The van der Waals surface area contributed by atoms with Crippen LogP contribution < -0.4 is 0 Å². The van der Waals surface area contributed by atoms with Gasteiger partial charge in [-0.3, -0.25) is 4.79 Å². The molecule has 0 atom stereocenters. The Labute approximate surface area is 84.7 Å². The number of aromatic nitrogens is 3. The highest BCUT2D eigenvalue weighted by atomic mass is 32.1.